The molecule has 0 saturated carbocycles. The Morgan fingerprint density at radius 3 is 2.38 bits per heavy atom. The van der Waals surface area contributed by atoms with E-state index in [4.69, 9.17) is 14.2 Å². The number of amides is 1. The molecule has 34 heavy (non-hydrogen) atoms. The van der Waals surface area contributed by atoms with Crippen molar-refractivity contribution in [1.82, 2.24) is 5.32 Å². The number of hydrogen-bond donors (Lipinski definition) is 3. The van der Waals surface area contributed by atoms with Gasteiger partial charge in [-0.05, 0) is 54.2 Å². The molecule has 0 fully saturated rings. The lowest BCUT2D eigenvalue weighted by molar-refractivity contribution is -0.138. The first kappa shape index (κ1) is 24.9. The molecule has 0 unspecified atom stereocenters. The van der Waals surface area contributed by atoms with Crippen molar-refractivity contribution in [3.05, 3.63) is 45.6 Å². The van der Waals surface area contributed by atoms with Crippen LogP contribution < -0.4 is 30.3 Å². The number of rotatable bonds is 8. The number of aliphatic carboxylic acids is 1. The minimum atomic E-state index is -1.05. The molecular formula is C25H30N2O7. The molecular weight excluding hydrogens is 440 g/mol. The van der Waals surface area contributed by atoms with Crippen molar-refractivity contribution >= 4 is 17.6 Å². The van der Waals surface area contributed by atoms with Crippen LogP contribution >= 0.6 is 0 Å². The number of carboxylic acids is 1. The molecule has 0 radical (unpaired) electrons. The Balaban J connectivity index is 2.34. The van der Waals surface area contributed by atoms with Crippen molar-refractivity contribution in [2.24, 2.45) is 0 Å². The normalized spacial score (nSPS) is 15.1. The number of aryl methyl sites for hydroxylation is 1. The number of carbonyl (C=O) groups is 2. The molecule has 182 valence electrons. The number of methoxy groups -OCH3 is 3. The lowest BCUT2D eigenvalue weighted by Gasteiger charge is -2.19. The standard InChI is InChI=1S/C25H30N2O7/c1-6-17(25(30)31)27-19-10-8-15-16(12-20(19)29)18(26-13(2)28)9-7-14-11-21(32-3)23(33-4)24(34-5)22(14)15/h8,10-12,17-18H,6-7,9H2,1-5H3,(H,26,28)(H,27,29)(H,30,31)/t17-,18-/m1/s1. The van der Waals surface area contributed by atoms with Crippen LogP contribution in [-0.2, 0) is 16.0 Å². The van der Waals surface area contributed by atoms with E-state index in [-0.39, 0.29) is 17.0 Å². The molecule has 1 amide bonds. The molecule has 0 saturated heterocycles. The van der Waals surface area contributed by atoms with E-state index in [2.05, 4.69) is 10.6 Å². The molecule has 2 aromatic rings. The SMILES string of the molecule is CC[C@@H](Nc1ccc2c(cc1=O)[C@H](NC(C)=O)CCc1cc(OC)c(OC)c(OC)c1-2)C(=O)O. The van der Waals surface area contributed by atoms with Crippen molar-refractivity contribution in [1.29, 1.82) is 0 Å². The number of carbonyl (C=O) groups excluding carboxylic acids is 1. The Kier molecular flexibility index (Phi) is 7.65. The fraction of sp³-hybridized carbons (Fsp3) is 0.400. The summed E-state index contributed by atoms with van der Waals surface area (Å²) < 4.78 is 16.8. The third-order valence-electron chi connectivity index (χ3n) is 5.95. The van der Waals surface area contributed by atoms with E-state index in [9.17, 15) is 19.5 Å². The average molecular weight is 471 g/mol. The summed E-state index contributed by atoms with van der Waals surface area (Å²) in [5.41, 5.74) is 2.71. The van der Waals surface area contributed by atoms with Gasteiger partial charge in [0.05, 0.1) is 33.1 Å². The average Bonchev–Trinajstić information content (AvgIpc) is 3.04. The molecule has 0 aromatic heterocycles. The highest BCUT2D eigenvalue weighted by molar-refractivity contribution is 5.84. The third kappa shape index (κ3) is 4.78. The zero-order chi connectivity index (χ0) is 25.0. The van der Waals surface area contributed by atoms with Crippen LogP contribution in [0.2, 0.25) is 0 Å². The number of carboxylic acid groups (broad SMARTS) is 1. The van der Waals surface area contributed by atoms with Gasteiger partial charge in [0.15, 0.2) is 11.5 Å². The van der Waals surface area contributed by atoms with Crippen LogP contribution in [0.3, 0.4) is 0 Å². The lowest BCUT2D eigenvalue weighted by atomic mass is 9.95. The first-order chi connectivity index (χ1) is 16.2. The van der Waals surface area contributed by atoms with E-state index in [1.54, 1.807) is 26.2 Å². The number of hydrogen-bond acceptors (Lipinski definition) is 7. The number of nitrogens with one attached hydrogen (secondary N) is 2. The molecule has 3 N–H and O–H groups in total. The van der Waals surface area contributed by atoms with Gasteiger partial charge < -0.3 is 30.0 Å². The van der Waals surface area contributed by atoms with Crippen molar-refractivity contribution in [2.45, 2.75) is 45.2 Å². The van der Waals surface area contributed by atoms with Crippen LogP contribution in [-0.4, -0.2) is 44.4 Å². The van der Waals surface area contributed by atoms with Crippen molar-refractivity contribution in [3.8, 4) is 28.4 Å². The van der Waals surface area contributed by atoms with Gasteiger partial charge in [-0.1, -0.05) is 13.0 Å². The van der Waals surface area contributed by atoms with E-state index < -0.39 is 18.1 Å². The second kappa shape index (κ2) is 10.5. The summed E-state index contributed by atoms with van der Waals surface area (Å²) in [5.74, 6) is 0.105. The summed E-state index contributed by atoms with van der Waals surface area (Å²) in [6.07, 6.45) is 1.43. The monoisotopic (exact) mass is 470 g/mol. The fourth-order valence-corrected chi connectivity index (χ4v) is 4.35. The summed E-state index contributed by atoms with van der Waals surface area (Å²) >= 11 is 0. The predicted octanol–water partition coefficient (Wildman–Crippen LogP) is 3.14. The molecule has 0 aliphatic heterocycles. The quantitative estimate of drug-likeness (QED) is 0.538. The van der Waals surface area contributed by atoms with Gasteiger partial charge in [0.25, 0.3) is 0 Å². The smallest absolute Gasteiger partial charge is 0.326 e. The van der Waals surface area contributed by atoms with E-state index in [1.165, 1.54) is 27.2 Å². The Morgan fingerprint density at radius 1 is 1.12 bits per heavy atom. The zero-order valence-corrected chi connectivity index (χ0v) is 20.0. The van der Waals surface area contributed by atoms with Crippen LogP contribution in [0.15, 0.2) is 29.1 Å². The second-order valence-electron chi connectivity index (χ2n) is 8.04. The number of benzene rings is 1. The largest absolute Gasteiger partial charge is 0.493 e. The summed E-state index contributed by atoms with van der Waals surface area (Å²) in [7, 11) is 4.59. The summed E-state index contributed by atoms with van der Waals surface area (Å²) in [4.78, 5) is 36.7. The van der Waals surface area contributed by atoms with E-state index in [1.807, 2.05) is 6.07 Å². The molecule has 2 aromatic carbocycles. The molecule has 0 spiro atoms. The van der Waals surface area contributed by atoms with Crippen LogP contribution in [0.1, 0.15) is 43.9 Å². The van der Waals surface area contributed by atoms with E-state index in [0.29, 0.717) is 47.6 Å². The molecule has 1 aliphatic rings. The maximum absolute atomic E-state index is 13.2. The van der Waals surface area contributed by atoms with E-state index >= 15 is 0 Å². The first-order valence-corrected chi connectivity index (χ1v) is 11.0. The van der Waals surface area contributed by atoms with Gasteiger partial charge in [0, 0.05) is 12.5 Å². The third-order valence-corrected chi connectivity index (χ3v) is 5.95. The molecule has 1 aliphatic carbocycles. The molecule has 9 heteroatoms. The highest BCUT2D eigenvalue weighted by atomic mass is 16.5. The highest BCUT2D eigenvalue weighted by Crippen LogP contribution is 2.50. The van der Waals surface area contributed by atoms with Gasteiger partial charge in [0.1, 0.15) is 6.04 Å². The van der Waals surface area contributed by atoms with Crippen molar-refractivity contribution in [2.75, 3.05) is 26.6 Å². The Morgan fingerprint density at radius 2 is 1.82 bits per heavy atom. The minimum absolute atomic E-state index is 0.157. The van der Waals surface area contributed by atoms with Crippen LogP contribution in [0.4, 0.5) is 5.69 Å². The van der Waals surface area contributed by atoms with Crippen LogP contribution in [0, 0.1) is 0 Å². The second-order valence-corrected chi connectivity index (χ2v) is 8.04. The molecule has 3 rings (SSSR count). The lowest BCUT2D eigenvalue weighted by Crippen LogP contribution is -2.30. The molecule has 2 atom stereocenters. The van der Waals surface area contributed by atoms with Gasteiger partial charge in [-0.2, -0.15) is 0 Å². The Hall–Kier alpha value is -3.75. The molecule has 9 nitrogen and oxygen atoms in total. The predicted molar refractivity (Wildman–Crippen MR) is 128 cm³/mol. The van der Waals surface area contributed by atoms with Crippen LogP contribution in [0.5, 0.6) is 17.2 Å². The first-order valence-electron chi connectivity index (χ1n) is 11.0. The number of ether oxygens (including phenoxy) is 3. The summed E-state index contributed by atoms with van der Waals surface area (Å²) in [5, 5.41) is 15.2. The zero-order valence-electron chi connectivity index (χ0n) is 20.0. The molecule has 0 bridgehead atoms. The summed E-state index contributed by atoms with van der Waals surface area (Å²) in [6.45, 7) is 3.15. The van der Waals surface area contributed by atoms with Gasteiger partial charge in [-0.3, -0.25) is 9.59 Å². The molecule has 0 heterocycles. The Labute approximate surface area is 198 Å². The van der Waals surface area contributed by atoms with Crippen molar-refractivity contribution < 1.29 is 28.9 Å². The van der Waals surface area contributed by atoms with E-state index in [0.717, 1.165) is 11.1 Å². The maximum atomic E-state index is 13.2. The van der Waals surface area contributed by atoms with Gasteiger partial charge in [0.2, 0.25) is 17.1 Å². The van der Waals surface area contributed by atoms with Gasteiger partial charge >= 0.3 is 5.97 Å². The number of anilines is 1. The van der Waals surface area contributed by atoms with Crippen LogP contribution in [0.25, 0.3) is 11.1 Å². The maximum Gasteiger partial charge on any atom is 0.326 e. The minimum Gasteiger partial charge on any atom is -0.493 e. The summed E-state index contributed by atoms with van der Waals surface area (Å²) in [6, 6.07) is 5.31. The number of fused-ring (bicyclic) bond motifs is 3. The Bertz CT molecular complexity index is 1160. The van der Waals surface area contributed by atoms with Gasteiger partial charge in [-0.25, -0.2) is 4.79 Å². The fourth-order valence-electron chi connectivity index (χ4n) is 4.35. The van der Waals surface area contributed by atoms with Gasteiger partial charge in [-0.15, -0.1) is 0 Å². The topological polar surface area (TPSA) is 123 Å². The van der Waals surface area contributed by atoms with Crippen molar-refractivity contribution in [3.63, 3.8) is 0 Å². The highest BCUT2D eigenvalue weighted by Gasteiger charge is 2.29.